The standard InChI is InChI=1S/C20H29N5O/c1-24(2)12-13-25(14-16-6-4-3-5-7-16)20(26)18-10-8-17(9-11-18)19-21-15-22-23-19/h8-11,15-16H,3-7,12-14H2,1-2H3,(H,21,22,23). The number of hydrogen-bond acceptors (Lipinski definition) is 4. The molecule has 1 N–H and O–H groups in total. The van der Waals surface area contributed by atoms with E-state index in [1.54, 1.807) is 0 Å². The average molecular weight is 355 g/mol. The van der Waals surface area contributed by atoms with Crippen molar-refractivity contribution < 1.29 is 4.79 Å². The Balaban J connectivity index is 1.70. The summed E-state index contributed by atoms with van der Waals surface area (Å²) in [6.45, 7) is 2.53. The van der Waals surface area contributed by atoms with E-state index in [1.807, 2.05) is 29.2 Å². The van der Waals surface area contributed by atoms with Gasteiger partial charge in [0, 0.05) is 30.8 Å². The fourth-order valence-corrected chi connectivity index (χ4v) is 3.58. The number of aromatic amines is 1. The van der Waals surface area contributed by atoms with Gasteiger partial charge in [0.25, 0.3) is 5.91 Å². The predicted octanol–water partition coefficient (Wildman–Crippen LogP) is 3.06. The Morgan fingerprint density at radius 1 is 1.12 bits per heavy atom. The molecule has 1 aliphatic rings. The SMILES string of the molecule is CN(C)CCN(CC1CCCCC1)C(=O)c1ccc(-c2ncn[nH]2)cc1. The van der Waals surface area contributed by atoms with Crippen LogP contribution in [0.5, 0.6) is 0 Å². The first-order valence-electron chi connectivity index (χ1n) is 9.53. The van der Waals surface area contributed by atoms with Gasteiger partial charge in [0.05, 0.1) is 0 Å². The van der Waals surface area contributed by atoms with Crippen LogP contribution in [0, 0.1) is 5.92 Å². The Morgan fingerprint density at radius 3 is 2.46 bits per heavy atom. The van der Waals surface area contributed by atoms with Gasteiger partial charge in [0.2, 0.25) is 0 Å². The number of nitrogens with zero attached hydrogens (tertiary/aromatic N) is 4. The summed E-state index contributed by atoms with van der Waals surface area (Å²) in [6.07, 6.45) is 7.91. The van der Waals surface area contributed by atoms with E-state index in [0.717, 1.165) is 36.6 Å². The van der Waals surface area contributed by atoms with E-state index in [1.165, 1.54) is 38.4 Å². The van der Waals surface area contributed by atoms with E-state index in [2.05, 4.69) is 34.2 Å². The Bertz CT molecular complexity index is 675. The van der Waals surface area contributed by atoms with Gasteiger partial charge in [0.15, 0.2) is 5.82 Å². The van der Waals surface area contributed by atoms with Crippen LogP contribution in [0.2, 0.25) is 0 Å². The summed E-state index contributed by atoms with van der Waals surface area (Å²) in [5.74, 6) is 1.49. The zero-order chi connectivity index (χ0) is 18.4. The van der Waals surface area contributed by atoms with Gasteiger partial charge < -0.3 is 9.80 Å². The van der Waals surface area contributed by atoms with Crippen LogP contribution in [-0.4, -0.2) is 64.6 Å². The van der Waals surface area contributed by atoms with Gasteiger partial charge in [-0.1, -0.05) is 31.4 Å². The fraction of sp³-hybridized carbons (Fsp3) is 0.550. The minimum atomic E-state index is 0.126. The molecule has 0 bridgehead atoms. The van der Waals surface area contributed by atoms with Gasteiger partial charge in [-0.05, 0) is 45.0 Å². The van der Waals surface area contributed by atoms with Gasteiger partial charge in [0.1, 0.15) is 6.33 Å². The molecule has 1 aromatic heterocycles. The summed E-state index contributed by atoms with van der Waals surface area (Å²) in [5.41, 5.74) is 1.68. The molecule has 1 aliphatic carbocycles. The lowest BCUT2D eigenvalue weighted by Crippen LogP contribution is -2.40. The van der Waals surface area contributed by atoms with E-state index < -0.39 is 0 Å². The van der Waals surface area contributed by atoms with Crippen LogP contribution < -0.4 is 0 Å². The average Bonchev–Trinajstić information content (AvgIpc) is 3.20. The maximum atomic E-state index is 13.1. The molecule has 1 fully saturated rings. The quantitative estimate of drug-likeness (QED) is 0.829. The summed E-state index contributed by atoms with van der Waals surface area (Å²) in [7, 11) is 4.10. The molecule has 0 unspecified atom stereocenters. The van der Waals surface area contributed by atoms with Gasteiger partial charge in [-0.15, -0.1) is 0 Å². The van der Waals surface area contributed by atoms with Crippen LogP contribution in [0.15, 0.2) is 30.6 Å². The molecule has 0 aliphatic heterocycles. The normalized spacial score (nSPS) is 15.3. The summed E-state index contributed by atoms with van der Waals surface area (Å²) in [6, 6.07) is 7.64. The lowest BCUT2D eigenvalue weighted by atomic mass is 9.89. The number of rotatable bonds is 7. The third-order valence-electron chi connectivity index (χ3n) is 5.13. The monoisotopic (exact) mass is 355 g/mol. The van der Waals surface area contributed by atoms with Crippen LogP contribution in [0.25, 0.3) is 11.4 Å². The second-order valence-corrected chi connectivity index (χ2v) is 7.47. The first-order valence-corrected chi connectivity index (χ1v) is 9.53. The maximum absolute atomic E-state index is 13.1. The molecule has 0 atom stereocenters. The molecule has 1 heterocycles. The number of amides is 1. The van der Waals surface area contributed by atoms with Crippen LogP contribution in [0.3, 0.4) is 0 Å². The van der Waals surface area contributed by atoms with Crippen molar-refractivity contribution in [3.8, 4) is 11.4 Å². The molecule has 0 radical (unpaired) electrons. The Kier molecular flexibility index (Phi) is 6.39. The molecule has 26 heavy (non-hydrogen) atoms. The fourth-order valence-electron chi connectivity index (χ4n) is 3.58. The maximum Gasteiger partial charge on any atom is 0.253 e. The minimum absolute atomic E-state index is 0.126. The van der Waals surface area contributed by atoms with Crippen molar-refractivity contribution in [2.75, 3.05) is 33.7 Å². The van der Waals surface area contributed by atoms with E-state index in [-0.39, 0.29) is 5.91 Å². The number of likely N-dealkylation sites (N-methyl/N-ethyl adjacent to an activating group) is 1. The van der Waals surface area contributed by atoms with Crippen molar-refractivity contribution in [2.45, 2.75) is 32.1 Å². The van der Waals surface area contributed by atoms with Gasteiger partial charge in [-0.25, -0.2) is 4.98 Å². The van der Waals surface area contributed by atoms with E-state index >= 15 is 0 Å². The summed E-state index contributed by atoms with van der Waals surface area (Å²) in [5, 5.41) is 6.72. The number of carbonyl (C=O) groups is 1. The van der Waals surface area contributed by atoms with Crippen molar-refractivity contribution in [2.24, 2.45) is 5.92 Å². The van der Waals surface area contributed by atoms with E-state index in [4.69, 9.17) is 0 Å². The summed E-state index contributed by atoms with van der Waals surface area (Å²) < 4.78 is 0. The van der Waals surface area contributed by atoms with Crippen LogP contribution in [-0.2, 0) is 0 Å². The Labute approximate surface area is 155 Å². The zero-order valence-corrected chi connectivity index (χ0v) is 15.8. The van der Waals surface area contributed by atoms with Crippen molar-refractivity contribution >= 4 is 5.91 Å². The minimum Gasteiger partial charge on any atom is -0.337 e. The number of benzene rings is 1. The van der Waals surface area contributed by atoms with Gasteiger partial charge in [-0.3, -0.25) is 9.89 Å². The number of aromatic nitrogens is 3. The molecule has 140 valence electrons. The van der Waals surface area contributed by atoms with Crippen LogP contribution in [0.1, 0.15) is 42.5 Å². The number of H-pyrrole nitrogens is 1. The lowest BCUT2D eigenvalue weighted by molar-refractivity contribution is 0.0701. The smallest absolute Gasteiger partial charge is 0.253 e. The third kappa shape index (κ3) is 4.91. The molecule has 6 nitrogen and oxygen atoms in total. The molecule has 1 saturated carbocycles. The molecule has 0 spiro atoms. The molecule has 1 amide bonds. The number of hydrogen-bond donors (Lipinski definition) is 1. The molecular weight excluding hydrogens is 326 g/mol. The first kappa shape index (κ1) is 18.6. The zero-order valence-electron chi connectivity index (χ0n) is 15.8. The molecular formula is C20H29N5O. The second-order valence-electron chi connectivity index (χ2n) is 7.47. The number of nitrogens with one attached hydrogen (secondary N) is 1. The third-order valence-corrected chi connectivity index (χ3v) is 5.13. The second kappa shape index (κ2) is 8.94. The van der Waals surface area contributed by atoms with Crippen molar-refractivity contribution in [3.63, 3.8) is 0 Å². The molecule has 6 heteroatoms. The summed E-state index contributed by atoms with van der Waals surface area (Å²) in [4.78, 5) is 21.4. The molecule has 0 saturated heterocycles. The highest BCUT2D eigenvalue weighted by molar-refractivity contribution is 5.94. The van der Waals surface area contributed by atoms with Gasteiger partial charge >= 0.3 is 0 Å². The van der Waals surface area contributed by atoms with Crippen molar-refractivity contribution in [1.82, 2.24) is 25.0 Å². The van der Waals surface area contributed by atoms with Gasteiger partial charge in [-0.2, -0.15) is 5.10 Å². The Hall–Kier alpha value is -2.21. The largest absolute Gasteiger partial charge is 0.337 e. The molecule has 3 rings (SSSR count). The lowest BCUT2D eigenvalue weighted by Gasteiger charge is -2.30. The highest BCUT2D eigenvalue weighted by atomic mass is 16.2. The van der Waals surface area contributed by atoms with Crippen molar-refractivity contribution in [1.29, 1.82) is 0 Å². The first-order chi connectivity index (χ1) is 12.6. The summed E-state index contributed by atoms with van der Waals surface area (Å²) >= 11 is 0. The van der Waals surface area contributed by atoms with E-state index in [0.29, 0.717) is 5.92 Å². The highest BCUT2D eigenvalue weighted by Gasteiger charge is 2.22. The number of carbonyl (C=O) groups excluding carboxylic acids is 1. The van der Waals surface area contributed by atoms with E-state index in [9.17, 15) is 4.79 Å². The highest BCUT2D eigenvalue weighted by Crippen LogP contribution is 2.25. The molecule has 1 aromatic carbocycles. The van der Waals surface area contributed by atoms with Crippen molar-refractivity contribution in [3.05, 3.63) is 36.2 Å². The van der Waals surface area contributed by atoms with Crippen LogP contribution in [0.4, 0.5) is 0 Å². The Morgan fingerprint density at radius 2 is 1.85 bits per heavy atom. The van der Waals surface area contributed by atoms with Crippen LogP contribution >= 0.6 is 0 Å². The topological polar surface area (TPSA) is 65.1 Å². The molecule has 2 aromatic rings. The predicted molar refractivity (Wildman–Crippen MR) is 103 cm³/mol.